The maximum absolute atomic E-state index is 17.3. The van der Waals surface area contributed by atoms with Gasteiger partial charge < -0.3 is 53.2 Å². The van der Waals surface area contributed by atoms with Crippen LogP contribution in [0.1, 0.15) is 51.6 Å². The van der Waals surface area contributed by atoms with Crippen LogP contribution in [0.3, 0.4) is 0 Å². The Balaban J connectivity index is 0.943. The number of benzene rings is 2. The molecule has 3 fully saturated rings. The first-order chi connectivity index (χ1) is 38.4. The summed E-state index contributed by atoms with van der Waals surface area (Å²) in [5, 5.41) is 18.5. The number of carbonyl (C=O) groups excluding carboxylic acids is 3. The fraction of sp³-hybridized carbons (Fsp3) is 0.449. The van der Waals surface area contributed by atoms with E-state index in [2.05, 4.69) is 60.5 Å². The highest BCUT2D eigenvalue weighted by molar-refractivity contribution is 8.07. The average molecular weight is 1200 g/mol. The number of aryl methyl sites for hydroxylation is 1. The Hall–Kier alpha value is -5.83. The second kappa shape index (κ2) is 24.3. The lowest BCUT2D eigenvalue weighted by Crippen LogP contribution is -2.34. The van der Waals surface area contributed by atoms with E-state index in [1.165, 1.54) is 21.8 Å². The zero-order chi connectivity index (χ0) is 56.3. The van der Waals surface area contributed by atoms with Crippen molar-refractivity contribution in [3.05, 3.63) is 96.2 Å². The van der Waals surface area contributed by atoms with Gasteiger partial charge in [0.1, 0.15) is 42.2 Å². The van der Waals surface area contributed by atoms with Gasteiger partial charge in [0.05, 0.1) is 50.6 Å². The highest BCUT2D eigenvalue weighted by atomic mass is 32.5. The molecule has 4 N–H and O–H groups in total. The van der Waals surface area contributed by atoms with Crippen LogP contribution in [0.2, 0.25) is 25.7 Å². The second-order valence-corrected chi connectivity index (χ2v) is 31.5. The molecule has 8 heterocycles. The Labute approximate surface area is 468 Å². The lowest BCUT2D eigenvalue weighted by molar-refractivity contribution is -0.0614. The minimum atomic E-state index is -4.51. The molecule has 10 atom stereocenters. The summed E-state index contributed by atoms with van der Waals surface area (Å²) in [5.41, 5.74) is 1.76. The molecule has 10 rings (SSSR count). The number of alkyl halides is 2. The Kier molecular flexibility index (Phi) is 17.5. The zero-order valence-electron chi connectivity index (χ0n) is 43.3. The summed E-state index contributed by atoms with van der Waals surface area (Å²) >= 11 is 11.4. The average Bonchev–Trinajstić information content (AvgIpc) is 4.21. The topological polar surface area (TPSA) is 283 Å². The Morgan fingerprint density at radius 2 is 1.61 bits per heavy atom. The van der Waals surface area contributed by atoms with E-state index in [4.69, 9.17) is 60.4 Å². The van der Waals surface area contributed by atoms with Gasteiger partial charge in [0, 0.05) is 45.0 Å². The molecule has 31 heteroatoms. The van der Waals surface area contributed by atoms with Crippen LogP contribution in [0.4, 0.5) is 31.2 Å². The van der Waals surface area contributed by atoms with Crippen molar-refractivity contribution in [2.75, 3.05) is 61.6 Å². The Bertz CT molecular complexity index is 3400. The molecular formula is C49H56F2N12O12P2S2Si. The molecule has 0 radical (unpaired) electrons. The zero-order valence-corrected chi connectivity index (χ0v) is 47.8. The Morgan fingerprint density at radius 3 is 2.36 bits per heavy atom. The third-order valence-electron chi connectivity index (χ3n) is 13.3. The summed E-state index contributed by atoms with van der Waals surface area (Å²) in [4.78, 5) is 75.8. The molecular weight excluding hydrogens is 1140 g/mol. The van der Waals surface area contributed by atoms with Crippen LogP contribution >= 0.6 is 13.4 Å². The van der Waals surface area contributed by atoms with Crippen molar-refractivity contribution in [1.29, 1.82) is 5.26 Å². The van der Waals surface area contributed by atoms with E-state index in [0.717, 1.165) is 11.6 Å². The fourth-order valence-electron chi connectivity index (χ4n) is 9.39. The van der Waals surface area contributed by atoms with E-state index >= 15 is 8.78 Å². The number of anilines is 3. The maximum atomic E-state index is 17.3. The fourth-order valence-corrected chi connectivity index (χ4v) is 13.6. The molecule has 2 bridgehead atoms. The maximum Gasteiger partial charge on any atom is 0.407 e. The van der Waals surface area contributed by atoms with E-state index in [1.807, 2.05) is 12.1 Å². The van der Waals surface area contributed by atoms with Crippen molar-refractivity contribution < 1.29 is 64.9 Å². The molecule has 2 unspecified atom stereocenters. The number of imidazole rings is 1. The van der Waals surface area contributed by atoms with Crippen molar-refractivity contribution in [2.24, 2.45) is 0 Å². The summed E-state index contributed by atoms with van der Waals surface area (Å²) in [5.74, 6) is -0.589. The first kappa shape index (κ1) is 57.4. The minimum Gasteiger partial charge on any atom is -0.450 e. The molecule has 0 saturated carbocycles. The van der Waals surface area contributed by atoms with Crippen LogP contribution in [-0.4, -0.2) is 148 Å². The van der Waals surface area contributed by atoms with Gasteiger partial charge in [-0.3, -0.25) is 28.1 Å². The number of carbonyl (C=O) groups is 3. The first-order valence-electron chi connectivity index (χ1n) is 25.6. The van der Waals surface area contributed by atoms with Crippen molar-refractivity contribution in [3.8, 4) is 6.07 Å². The minimum absolute atomic E-state index is 0.00455. The van der Waals surface area contributed by atoms with Gasteiger partial charge in [0.25, 0.3) is 11.8 Å². The number of amides is 3. The van der Waals surface area contributed by atoms with E-state index in [1.54, 1.807) is 65.7 Å². The van der Waals surface area contributed by atoms with Crippen LogP contribution in [0.15, 0.2) is 79.5 Å². The van der Waals surface area contributed by atoms with Gasteiger partial charge in [0.15, 0.2) is 41.8 Å². The van der Waals surface area contributed by atoms with Gasteiger partial charge in [-0.1, -0.05) is 56.0 Å². The number of aromatic nitrogens is 7. The lowest BCUT2D eigenvalue weighted by Gasteiger charge is -2.30. The number of halogens is 2. The van der Waals surface area contributed by atoms with Gasteiger partial charge in [-0.05, 0) is 72.3 Å². The van der Waals surface area contributed by atoms with Gasteiger partial charge in [-0.25, -0.2) is 28.5 Å². The molecule has 4 aliphatic heterocycles. The van der Waals surface area contributed by atoms with E-state index in [0.29, 0.717) is 41.7 Å². The number of nitriles is 1. The van der Waals surface area contributed by atoms with Gasteiger partial charge in [-0.15, -0.1) is 0 Å². The summed E-state index contributed by atoms with van der Waals surface area (Å²) in [6, 6.07) is 19.8. The second-order valence-electron chi connectivity index (χ2n) is 20.1. The first-order valence-corrected chi connectivity index (χ1v) is 34.4. The van der Waals surface area contributed by atoms with Crippen LogP contribution in [0, 0.1) is 11.3 Å². The number of ether oxygens (including phenoxy) is 3. The van der Waals surface area contributed by atoms with Crippen LogP contribution in [-0.2, 0) is 66.9 Å². The number of nitrogens with one attached hydrogen (secondary N) is 3. The number of fused-ring (bicyclic) bond motifs is 4. The van der Waals surface area contributed by atoms with Gasteiger partial charge in [-0.2, -0.15) is 15.2 Å². The quantitative estimate of drug-likeness (QED) is 0.0447. The number of hydrogen-bond acceptors (Lipinski definition) is 20. The molecule has 6 aromatic rings. The molecule has 3 saturated heterocycles. The van der Waals surface area contributed by atoms with Crippen molar-refractivity contribution >= 4 is 103 Å². The molecule has 424 valence electrons. The van der Waals surface area contributed by atoms with E-state index in [-0.39, 0.29) is 67.2 Å². The van der Waals surface area contributed by atoms with Crippen LogP contribution < -0.4 is 20.9 Å². The molecule has 4 aliphatic rings. The Morgan fingerprint density at radius 1 is 0.875 bits per heavy atom. The molecule has 0 spiro atoms. The largest absolute Gasteiger partial charge is 0.450 e. The van der Waals surface area contributed by atoms with Crippen LogP contribution in [0.25, 0.3) is 22.2 Å². The highest BCUT2D eigenvalue weighted by Crippen LogP contribution is 2.57. The summed E-state index contributed by atoms with van der Waals surface area (Å²) in [6.45, 7) is -3.17. The number of hydrogen-bond donors (Lipinski definition) is 4. The van der Waals surface area contributed by atoms with E-state index in [9.17, 15) is 24.5 Å². The van der Waals surface area contributed by atoms with Crippen molar-refractivity contribution in [3.63, 3.8) is 0 Å². The summed E-state index contributed by atoms with van der Waals surface area (Å²) in [7, 11) is -1.45. The molecule has 4 aromatic heterocycles. The molecule has 80 heavy (non-hydrogen) atoms. The molecule has 0 aliphatic carbocycles. The predicted octanol–water partition coefficient (Wildman–Crippen LogP) is 7.25. The van der Waals surface area contributed by atoms with Crippen molar-refractivity contribution in [2.45, 2.75) is 94.2 Å². The smallest absolute Gasteiger partial charge is 0.407 e. The monoisotopic (exact) mass is 1200 g/mol. The van der Waals surface area contributed by atoms with Gasteiger partial charge >= 0.3 is 19.5 Å². The molecule has 2 aromatic carbocycles. The highest BCUT2D eigenvalue weighted by Gasteiger charge is 2.54. The van der Waals surface area contributed by atoms with Gasteiger partial charge in [0.2, 0.25) is 5.95 Å². The third-order valence-corrected chi connectivity index (χ3v) is 18.9. The third kappa shape index (κ3) is 12.8. The normalized spacial score (nSPS) is 27.0. The number of rotatable bonds is 15. The predicted molar refractivity (Wildman–Crippen MR) is 296 cm³/mol. The SMILES string of the molecule is C[Si](C)(C)CCOC(=O)NCCNc1nc(NC(=O)c2ccccc2)c2ncn([C@@H]3O[C@@H]4COP(O)(=S)O[C@H]5[C@@H](F)[C@H](n6cc7c8c(ncnc86)N(C(=O)c6ccccc6)CCC7)O[C@@H]5COP(=S)(OCCC#N)O[C@@H]3[C@@H]4F)c2n1. The van der Waals surface area contributed by atoms with E-state index < -0.39 is 95.9 Å². The van der Waals surface area contributed by atoms with Crippen molar-refractivity contribution in [1.82, 2.24) is 39.4 Å². The molecule has 3 amide bonds. The lowest BCUT2D eigenvalue weighted by atomic mass is 10.1. The van der Waals surface area contributed by atoms with Crippen LogP contribution in [0.5, 0.6) is 0 Å². The number of nitrogens with zero attached hydrogens (tertiary/aromatic N) is 9. The summed E-state index contributed by atoms with van der Waals surface area (Å²) < 4.78 is 85.6. The molecule has 24 nitrogen and oxygen atoms in total. The number of alkyl carbamates (subject to hydrolysis) is 1. The standard InChI is InChI=1S/C49H56F2N12O12P2S2Si/c1-80(2,3)23-22-68-49(66)54-19-18-53-48-59-40(58-44(64)29-12-6-4-7-13-29)37-43(60-48)63(28-57-37)47-39-35(50)32(72-47)25-70-76(67,78)74-38-33(26-71-77(79,75-39)69-21-11-17-52)73-46(36(38)51)62-24-31-16-10-20-61(41-34(31)42(62)56-27-55-41)45(65)30-14-8-5-9-15-30/h4-9,12-15,24,27-28,32-33,35-36,38-39,46-47H,10-11,16,18-23,25-26H2,1-3H3,(H,54,66)(H,67,78)(H2,53,58,59,60,64)/t32-,33-,35-,36-,38-,39-,46-,47-,76?,77?/m1/s1. The summed E-state index contributed by atoms with van der Waals surface area (Å²) in [6.07, 6.45) is -9.27.